The molecule has 6 rings (SSSR count). The number of nitrogens with one attached hydrogen (secondary N) is 1. The van der Waals surface area contributed by atoms with Gasteiger partial charge in [-0.3, -0.25) is 19.5 Å². The summed E-state index contributed by atoms with van der Waals surface area (Å²) in [6.07, 6.45) is 0.943. The van der Waals surface area contributed by atoms with Gasteiger partial charge in [0.25, 0.3) is 11.5 Å². The summed E-state index contributed by atoms with van der Waals surface area (Å²) in [5.74, 6) is -0.801. The Morgan fingerprint density at radius 1 is 1.20 bits per heavy atom. The number of carbonyl (C=O) groups is 2. The molecule has 0 radical (unpaired) electrons. The van der Waals surface area contributed by atoms with E-state index >= 15 is 0 Å². The molecule has 3 N–H and O–H groups in total. The van der Waals surface area contributed by atoms with Gasteiger partial charge in [-0.2, -0.15) is 0 Å². The maximum Gasteiger partial charge on any atom is 0.279 e. The van der Waals surface area contributed by atoms with Crippen molar-refractivity contribution < 1.29 is 24.2 Å². The van der Waals surface area contributed by atoms with Gasteiger partial charge >= 0.3 is 0 Å². The van der Waals surface area contributed by atoms with E-state index in [0.717, 1.165) is 12.8 Å². The monoisotopic (exact) mass is 564 g/mol. The minimum atomic E-state index is -2.93. The van der Waals surface area contributed by atoms with Crippen molar-refractivity contribution in [3.05, 3.63) is 58.4 Å². The Morgan fingerprint density at radius 3 is 2.65 bits per heavy atom. The van der Waals surface area contributed by atoms with E-state index in [4.69, 9.17) is 4.74 Å². The van der Waals surface area contributed by atoms with Crippen molar-refractivity contribution in [2.45, 2.75) is 62.6 Å². The zero-order valence-electron chi connectivity index (χ0n) is 23.3. The average molecular weight is 565 g/mol. The number of likely N-dealkylation sites (tertiary alicyclic amines) is 1. The van der Waals surface area contributed by atoms with Gasteiger partial charge < -0.3 is 24.4 Å². The molecule has 11 heteroatoms. The minimum absolute atomic E-state index is 0.0255. The normalized spacial score (nSPS) is 28.3. The number of aromatic amines is 1. The number of fused-ring (bicyclic) bond motifs is 3. The Labute approximate surface area is 233 Å². The predicted octanol–water partition coefficient (Wildman–Crippen LogP) is 2.47. The van der Waals surface area contributed by atoms with E-state index < -0.39 is 31.5 Å². The zero-order valence-corrected chi connectivity index (χ0v) is 24.3. The van der Waals surface area contributed by atoms with Gasteiger partial charge in [-0.25, -0.2) is 4.68 Å². The topological polar surface area (TPSA) is 128 Å². The lowest BCUT2D eigenvalue weighted by Gasteiger charge is -2.32. The van der Waals surface area contributed by atoms with Crippen LogP contribution in [0.2, 0.25) is 18.6 Å². The third kappa shape index (κ3) is 3.82. The number of likely N-dealkylation sites (N-methyl/N-ethyl adjacent to an activating group) is 1. The van der Waals surface area contributed by atoms with Gasteiger partial charge in [-0.1, -0.05) is 19.1 Å². The van der Waals surface area contributed by atoms with E-state index in [1.807, 2.05) is 50.3 Å². The molecule has 0 aliphatic carbocycles. The first-order valence-electron chi connectivity index (χ1n) is 13.9. The van der Waals surface area contributed by atoms with E-state index in [1.54, 1.807) is 29.0 Å². The van der Waals surface area contributed by atoms with Gasteiger partial charge in [0.1, 0.15) is 0 Å². The van der Waals surface area contributed by atoms with Crippen molar-refractivity contribution in [2.75, 3.05) is 25.1 Å². The molecule has 1 spiro atoms. The number of hydrogen-bond donors (Lipinski definition) is 3. The number of anilines is 1. The van der Waals surface area contributed by atoms with Crippen LogP contribution in [0.25, 0.3) is 16.6 Å². The van der Waals surface area contributed by atoms with Crippen LogP contribution in [-0.2, 0) is 19.9 Å². The van der Waals surface area contributed by atoms with Crippen molar-refractivity contribution in [3.63, 3.8) is 0 Å². The highest BCUT2D eigenvalue weighted by molar-refractivity contribution is 6.71. The second-order valence-electron chi connectivity index (χ2n) is 12.0. The molecule has 1 aromatic heterocycles. The molecular weight excluding hydrogens is 528 g/mol. The summed E-state index contributed by atoms with van der Waals surface area (Å²) >= 11 is 0. The zero-order chi connectivity index (χ0) is 28.6. The molecule has 2 amide bonds. The number of aromatic nitrogens is 2. The molecule has 4 heterocycles. The largest absolute Gasteiger partial charge is 0.432 e. The van der Waals surface area contributed by atoms with Crippen LogP contribution in [-0.4, -0.2) is 77.1 Å². The Morgan fingerprint density at radius 2 is 1.95 bits per heavy atom. The summed E-state index contributed by atoms with van der Waals surface area (Å²) in [6.45, 7) is 6.06. The number of amides is 2. The third-order valence-electron chi connectivity index (χ3n) is 9.23. The fourth-order valence-electron chi connectivity index (χ4n) is 7.39. The van der Waals surface area contributed by atoms with Gasteiger partial charge in [-0.05, 0) is 56.3 Å². The van der Waals surface area contributed by atoms with E-state index in [2.05, 4.69) is 5.10 Å². The Kier molecular flexibility index (Phi) is 6.33. The number of benzene rings is 2. The summed E-state index contributed by atoms with van der Waals surface area (Å²) in [5.41, 5.74) is 0.579. The van der Waals surface area contributed by atoms with Crippen molar-refractivity contribution in [1.82, 2.24) is 14.7 Å². The number of rotatable bonds is 5. The standard InChI is InChI=1S/C29H36N4O6Si/c1-17-26(40(3,4)38)24(15-25(35)32-13-7-8-19(32)16-34)39-29(17)21-14-18(11-12-23(21)31(2)28(29)37)33-27(36)20-9-5-6-10-22(20)30-33/h5-6,9-12,14,17,19,24,26,30,34,38H,7-8,13,15-16H2,1-4H3/t17-,19-,24+,26-,29+/m0/s1. The Balaban J connectivity index is 1.43. The molecule has 3 aliphatic heterocycles. The first-order chi connectivity index (χ1) is 19.0. The lowest BCUT2D eigenvalue weighted by Crippen LogP contribution is -2.45. The fourth-order valence-corrected chi connectivity index (χ4v) is 9.95. The van der Waals surface area contributed by atoms with Crippen molar-refractivity contribution >= 4 is 36.7 Å². The van der Waals surface area contributed by atoms with Gasteiger partial charge in [0, 0.05) is 30.6 Å². The molecule has 5 atom stereocenters. The van der Waals surface area contributed by atoms with E-state index in [0.29, 0.717) is 34.4 Å². The number of para-hydroxylation sites is 1. The quantitative estimate of drug-likeness (QED) is 0.409. The molecule has 2 saturated heterocycles. The highest BCUT2D eigenvalue weighted by Crippen LogP contribution is 2.59. The summed E-state index contributed by atoms with van der Waals surface area (Å²) in [4.78, 5) is 55.4. The van der Waals surface area contributed by atoms with Gasteiger partial charge in [0.2, 0.25) is 5.91 Å². The van der Waals surface area contributed by atoms with Crippen LogP contribution >= 0.6 is 0 Å². The van der Waals surface area contributed by atoms with E-state index in [9.17, 15) is 24.3 Å². The smallest absolute Gasteiger partial charge is 0.279 e. The van der Waals surface area contributed by atoms with Gasteiger partial charge in [-0.15, -0.1) is 0 Å². The number of nitrogens with zero attached hydrogens (tertiary/aromatic N) is 3. The first kappa shape index (κ1) is 26.9. The van der Waals surface area contributed by atoms with Crippen LogP contribution in [0.1, 0.15) is 31.7 Å². The molecule has 40 heavy (non-hydrogen) atoms. The first-order valence-corrected chi connectivity index (χ1v) is 16.9. The molecule has 212 valence electrons. The number of aliphatic hydroxyl groups excluding tert-OH is 1. The van der Waals surface area contributed by atoms with Crippen LogP contribution in [0.3, 0.4) is 0 Å². The molecule has 3 aromatic rings. The highest BCUT2D eigenvalue weighted by Gasteiger charge is 2.66. The maximum absolute atomic E-state index is 14.0. The SMILES string of the molecule is C[C@H]1[C@H]([Si](C)(C)O)[C@@H](CC(=O)N2CCC[C@H]2CO)O[C@]12C(=O)N(C)c1ccc(-n3[nH]c4ccccc4c3=O)cc12. The van der Waals surface area contributed by atoms with Crippen molar-refractivity contribution in [1.29, 1.82) is 0 Å². The van der Waals surface area contributed by atoms with E-state index in [1.165, 1.54) is 4.68 Å². The Bertz CT molecular complexity index is 1560. The number of hydrogen-bond acceptors (Lipinski definition) is 6. The van der Waals surface area contributed by atoms with Crippen LogP contribution in [0.4, 0.5) is 5.69 Å². The minimum Gasteiger partial charge on any atom is -0.432 e. The molecule has 2 aromatic carbocycles. The molecule has 0 bridgehead atoms. The summed E-state index contributed by atoms with van der Waals surface area (Å²) < 4.78 is 8.19. The second kappa shape index (κ2) is 9.40. The van der Waals surface area contributed by atoms with Crippen molar-refractivity contribution in [3.8, 4) is 5.69 Å². The number of aliphatic hydroxyl groups is 1. The third-order valence-corrected chi connectivity index (χ3v) is 11.7. The fraction of sp³-hybridized carbons (Fsp3) is 0.483. The van der Waals surface area contributed by atoms with Gasteiger partial charge in [0.05, 0.1) is 47.5 Å². The molecule has 3 aliphatic rings. The molecule has 10 nitrogen and oxygen atoms in total. The lowest BCUT2D eigenvalue weighted by atomic mass is 9.82. The maximum atomic E-state index is 14.0. The summed E-state index contributed by atoms with van der Waals surface area (Å²) in [7, 11) is -1.23. The average Bonchev–Trinajstić information content (AvgIpc) is 3.65. The van der Waals surface area contributed by atoms with E-state index in [-0.39, 0.29) is 36.4 Å². The molecule has 0 unspecified atom stereocenters. The molecule has 0 saturated carbocycles. The Hall–Kier alpha value is -3.25. The summed E-state index contributed by atoms with van der Waals surface area (Å²) in [6, 6.07) is 12.5. The molecule has 2 fully saturated rings. The van der Waals surface area contributed by atoms with Crippen LogP contribution in [0.15, 0.2) is 47.3 Å². The number of ether oxygens (including phenoxy) is 1. The van der Waals surface area contributed by atoms with Crippen molar-refractivity contribution in [2.24, 2.45) is 5.92 Å². The highest BCUT2D eigenvalue weighted by atomic mass is 28.4. The van der Waals surface area contributed by atoms with Crippen LogP contribution < -0.4 is 10.5 Å². The second-order valence-corrected chi connectivity index (χ2v) is 16.0. The van der Waals surface area contributed by atoms with Crippen LogP contribution in [0.5, 0.6) is 0 Å². The molecular formula is C29H36N4O6Si. The van der Waals surface area contributed by atoms with Gasteiger partial charge in [0.15, 0.2) is 13.9 Å². The van der Waals surface area contributed by atoms with Crippen LogP contribution in [0, 0.1) is 5.92 Å². The predicted molar refractivity (Wildman–Crippen MR) is 153 cm³/mol. The number of carbonyl (C=O) groups excluding carboxylic acids is 2. The number of H-pyrrole nitrogens is 1. The lowest BCUT2D eigenvalue weighted by molar-refractivity contribution is -0.149. The summed E-state index contributed by atoms with van der Waals surface area (Å²) in [5, 5.41) is 13.5.